The lowest BCUT2D eigenvalue weighted by atomic mass is 10.1. The second kappa shape index (κ2) is 7.66. The minimum absolute atomic E-state index is 0.0820. The monoisotopic (exact) mass is 320 g/mol. The van der Waals surface area contributed by atoms with Crippen LogP contribution in [0.4, 0.5) is 15.8 Å². The molecule has 0 fully saturated rings. The molecule has 6 nitrogen and oxygen atoms in total. The van der Waals surface area contributed by atoms with Gasteiger partial charge in [-0.1, -0.05) is 6.07 Å². The molecule has 0 aliphatic carbocycles. The molecule has 122 valence electrons. The molecule has 2 N–H and O–H groups in total. The van der Waals surface area contributed by atoms with Gasteiger partial charge in [-0.25, -0.2) is 4.39 Å². The van der Waals surface area contributed by atoms with Crippen molar-refractivity contribution in [3.8, 4) is 0 Å². The Kier molecular flexibility index (Phi) is 5.61. The quantitative estimate of drug-likeness (QED) is 0.605. The van der Waals surface area contributed by atoms with Crippen LogP contribution in [0.15, 0.2) is 36.4 Å². The maximum absolute atomic E-state index is 13.6. The lowest BCUT2D eigenvalue weighted by Crippen LogP contribution is -2.05. The van der Waals surface area contributed by atoms with Crippen molar-refractivity contribution in [2.75, 3.05) is 12.4 Å². The summed E-state index contributed by atoms with van der Waals surface area (Å²) in [5, 5.41) is 23.2. The maximum atomic E-state index is 13.6. The Hall–Kier alpha value is -2.51. The van der Waals surface area contributed by atoms with Gasteiger partial charge < -0.3 is 15.2 Å². The molecule has 0 amide bonds. The van der Waals surface area contributed by atoms with Crippen molar-refractivity contribution in [1.82, 2.24) is 0 Å². The minimum atomic E-state index is -0.496. The lowest BCUT2D eigenvalue weighted by Gasteiger charge is -2.10. The number of aliphatic hydroxyl groups is 1. The number of anilines is 1. The third kappa shape index (κ3) is 4.24. The highest BCUT2D eigenvalue weighted by atomic mass is 19.1. The van der Waals surface area contributed by atoms with Crippen molar-refractivity contribution in [2.24, 2.45) is 0 Å². The van der Waals surface area contributed by atoms with Gasteiger partial charge >= 0.3 is 0 Å². The molecule has 2 rings (SSSR count). The average molecular weight is 320 g/mol. The van der Waals surface area contributed by atoms with Crippen LogP contribution in [0.5, 0.6) is 0 Å². The number of rotatable bonds is 7. The summed E-state index contributed by atoms with van der Waals surface area (Å²) in [7, 11) is 1.48. The molecule has 0 aliphatic heterocycles. The van der Waals surface area contributed by atoms with E-state index in [4.69, 9.17) is 9.84 Å². The lowest BCUT2D eigenvalue weighted by molar-refractivity contribution is -0.384. The topological polar surface area (TPSA) is 84.6 Å². The van der Waals surface area contributed by atoms with Crippen molar-refractivity contribution in [1.29, 1.82) is 0 Å². The number of nitrogens with zero attached hydrogens (tertiary/aromatic N) is 1. The van der Waals surface area contributed by atoms with E-state index in [-0.39, 0.29) is 31.3 Å². The van der Waals surface area contributed by atoms with E-state index in [0.29, 0.717) is 16.8 Å². The van der Waals surface area contributed by atoms with E-state index in [1.54, 1.807) is 12.1 Å². The summed E-state index contributed by atoms with van der Waals surface area (Å²) in [6, 6.07) is 8.95. The van der Waals surface area contributed by atoms with Crippen LogP contribution in [-0.4, -0.2) is 17.1 Å². The van der Waals surface area contributed by atoms with E-state index in [2.05, 4.69) is 5.32 Å². The predicted molar refractivity (Wildman–Crippen MR) is 83.5 cm³/mol. The number of aliphatic hydroxyl groups excluding tert-OH is 1. The van der Waals surface area contributed by atoms with E-state index >= 15 is 0 Å². The summed E-state index contributed by atoms with van der Waals surface area (Å²) in [5.74, 6) is -0.358. The first-order chi connectivity index (χ1) is 11.0. The van der Waals surface area contributed by atoms with E-state index < -0.39 is 4.92 Å². The van der Waals surface area contributed by atoms with E-state index in [0.717, 1.165) is 5.56 Å². The summed E-state index contributed by atoms with van der Waals surface area (Å²) >= 11 is 0. The molecule has 0 aliphatic rings. The molecule has 0 bridgehead atoms. The molecule has 0 heterocycles. The summed E-state index contributed by atoms with van der Waals surface area (Å²) in [6.45, 7) is 0.230. The van der Waals surface area contributed by atoms with Gasteiger partial charge in [-0.2, -0.15) is 0 Å². The Morgan fingerprint density at radius 3 is 2.65 bits per heavy atom. The first kappa shape index (κ1) is 16.9. The first-order valence-corrected chi connectivity index (χ1v) is 6.93. The van der Waals surface area contributed by atoms with Crippen LogP contribution in [0.25, 0.3) is 0 Å². The molecule has 0 saturated carbocycles. The number of hydrogen-bond donors (Lipinski definition) is 2. The van der Waals surface area contributed by atoms with Gasteiger partial charge in [0.15, 0.2) is 0 Å². The number of hydrogen-bond acceptors (Lipinski definition) is 5. The van der Waals surface area contributed by atoms with Crippen LogP contribution < -0.4 is 5.32 Å². The third-order valence-electron chi connectivity index (χ3n) is 3.33. The van der Waals surface area contributed by atoms with Crippen LogP contribution in [0, 0.1) is 15.9 Å². The number of benzene rings is 2. The molecule has 2 aromatic carbocycles. The number of nitro groups is 1. The number of halogens is 1. The zero-order valence-corrected chi connectivity index (χ0v) is 12.6. The Labute approximate surface area is 132 Å². The molecule has 0 spiro atoms. The Bertz CT molecular complexity index is 706. The smallest absolute Gasteiger partial charge is 0.292 e. The number of nitro benzene ring substituents is 1. The van der Waals surface area contributed by atoms with Gasteiger partial charge in [0.25, 0.3) is 5.69 Å². The van der Waals surface area contributed by atoms with Crippen molar-refractivity contribution in [2.45, 2.75) is 19.8 Å². The Morgan fingerprint density at radius 1 is 1.26 bits per heavy atom. The number of methoxy groups -OCH3 is 1. The van der Waals surface area contributed by atoms with Gasteiger partial charge in [-0.3, -0.25) is 10.1 Å². The third-order valence-corrected chi connectivity index (χ3v) is 3.33. The Balaban J connectivity index is 2.20. The fourth-order valence-corrected chi connectivity index (χ4v) is 2.18. The maximum Gasteiger partial charge on any atom is 0.292 e. The second-order valence-corrected chi connectivity index (χ2v) is 4.98. The van der Waals surface area contributed by atoms with Crippen LogP contribution in [-0.2, 0) is 24.5 Å². The number of ether oxygens (including phenoxy) is 1. The fraction of sp³-hybridized carbons (Fsp3) is 0.250. The average Bonchev–Trinajstić information content (AvgIpc) is 2.55. The minimum Gasteiger partial charge on any atom is -0.392 e. The molecule has 0 radical (unpaired) electrons. The highest BCUT2D eigenvalue weighted by Gasteiger charge is 2.14. The van der Waals surface area contributed by atoms with E-state index in [1.165, 1.54) is 31.4 Å². The van der Waals surface area contributed by atoms with Gasteiger partial charge in [0.05, 0.1) is 18.1 Å². The first-order valence-electron chi connectivity index (χ1n) is 6.93. The molecule has 2 aromatic rings. The van der Waals surface area contributed by atoms with Crippen LogP contribution >= 0.6 is 0 Å². The normalized spacial score (nSPS) is 10.6. The zero-order chi connectivity index (χ0) is 16.8. The molecule has 0 atom stereocenters. The Morgan fingerprint density at radius 2 is 2.00 bits per heavy atom. The summed E-state index contributed by atoms with van der Waals surface area (Å²) < 4.78 is 18.5. The van der Waals surface area contributed by atoms with Crippen molar-refractivity contribution in [3.05, 3.63) is 69.0 Å². The van der Waals surface area contributed by atoms with Gasteiger partial charge in [0.1, 0.15) is 11.5 Å². The standard InChI is InChI=1S/C16H17FN2O4/c1-23-10-13-6-11(2-4-14(13)17)8-18-15-7-12(9-20)3-5-16(15)19(21)22/h2-7,18,20H,8-10H2,1H3. The second-order valence-electron chi connectivity index (χ2n) is 4.98. The molecular formula is C16H17FN2O4. The SMILES string of the molecule is COCc1cc(CNc2cc(CO)ccc2[N+](=O)[O-])ccc1F. The zero-order valence-electron chi connectivity index (χ0n) is 12.6. The predicted octanol–water partition coefficient (Wildman–Crippen LogP) is 2.98. The van der Waals surface area contributed by atoms with Crippen LogP contribution in [0.2, 0.25) is 0 Å². The molecule has 7 heteroatoms. The molecule has 23 heavy (non-hydrogen) atoms. The van der Waals surface area contributed by atoms with E-state index in [1.807, 2.05) is 0 Å². The highest BCUT2D eigenvalue weighted by Crippen LogP contribution is 2.26. The summed E-state index contributed by atoms with van der Waals surface area (Å²) in [5.41, 5.74) is 1.98. The van der Waals surface area contributed by atoms with Crippen LogP contribution in [0.1, 0.15) is 16.7 Å². The number of nitrogens with one attached hydrogen (secondary N) is 1. The fourth-order valence-electron chi connectivity index (χ4n) is 2.18. The van der Waals surface area contributed by atoms with E-state index in [9.17, 15) is 14.5 Å². The van der Waals surface area contributed by atoms with Gasteiger partial charge in [-0.15, -0.1) is 0 Å². The van der Waals surface area contributed by atoms with Crippen molar-refractivity contribution < 1.29 is 19.2 Å². The summed E-state index contributed by atoms with van der Waals surface area (Å²) in [4.78, 5) is 10.6. The highest BCUT2D eigenvalue weighted by molar-refractivity contribution is 5.62. The van der Waals surface area contributed by atoms with Gasteiger partial charge in [0, 0.05) is 25.3 Å². The van der Waals surface area contributed by atoms with Crippen molar-refractivity contribution >= 4 is 11.4 Å². The van der Waals surface area contributed by atoms with Gasteiger partial charge in [0.2, 0.25) is 0 Å². The summed E-state index contributed by atoms with van der Waals surface area (Å²) in [6.07, 6.45) is 0. The molecule has 0 aromatic heterocycles. The van der Waals surface area contributed by atoms with Gasteiger partial charge in [-0.05, 0) is 35.4 Å². The van der Waals surface area contributed by atoms with Crippen molar-refractivity contribution in [3.63, 3.8) is 0 Å². The van der Waals surface area contributed by atoms with Crippen LogP contribution in [0.3, 0.4) is 0 Å². The molecule has 0 unspecified atom stereocenters. The molecular weight excluding hydrogens is 303 g/mol. The largest absolute Gasteiger partial charge is 0.392 e. The molecule has 0 saturated heterocycles.